The van der Waals surface area contributed by atoms with E-state index in [1.54, 1.807) is 25.3 Å². The Kier molecular flexibility index (Phi) is 8.19. The number of benzene rings is 1. The summed E-state index contributed by atoms with van der Waals surface area (Å²) in [5.74, 6) is 5.19. The number of carboxylic acid groups (broad SMARTS) is 1. The average molecular weight is 395 g/mol. The second kappa shape index (κ2) is 10.8. The summed E-state index contributed by atoms with van der Waals surface area (Å²) in [5.41, 5.74) is 1.45. The largest absolute Gasteiger partial charge is 0.478 e. The van der Waals surface area contributed by atoms with Crippen molar-refractivity contribution in [2.24, 2.45) is 4.99 Å². The van der Waals surface area contributed by atoms with E-state index in [9.17, 15) is 14.7 Å². The van der Waals surface area contributed by atoms with Gasteiger partial charge in [-0.05, 0) is 25.1 Å². The van der Waals surface area contributed by atoms with Crippen molar-refractivity contribution in [3.05, 3.63) is 53.4 Å². The molecule has 1 aliphatic heterocycles. The first kappa shape index (κ1) is 21.9. The highest BCUT2D eigenvalue weighted by molar-refractivity contribution is 6.00. The van der Waals surface area contributed by atoms with Crippen molar-refractivity contribution in [1.82, 2.24) is 4.90 Å². The predicted octanol–water partition coefficient (Wildman–Crippen LogP) is 2.91. The third kappa shape index (κ3) is 6.63. The second-order valence-electron chi connectivity index (χ2n) is 6.24. The standard InChI is InChI=1S/C22H25N3O4/c1-4-17(15-23-16(3)25-10-12-29-13-11-25)6-7-18-8-9-20(24-21(26)5-2)19(14-18)22(27)28/h4,8-9,14-15H,3,5,10-13H2,1-2H3,(H,24,26)(H,27,28)/b17-4-,23-15?. The van der Waals surface area contributed by atoms with Crippen molar-refractivity contribution < 1.29 is 19.4 Å². The van der Waals surface area contributed by atoms with Gasteiger partial charge < -0.3 is 20.1 Å². The molecule has 0 aliphatic carbocycles. The van der Waals surface area contributed by atoms with Gasteiger partial charge in [0.1, 0.15) is 5.82 Å². The number of ether oxygens (including phenoxy) is 1. The molecule has 0 unspecified atom stereocenters. The molecule has 1 aliphatic rings. The third-order valence-electron chi connectivity index (χ3n) is 4.24. The molecular formula is C22H25N3O4. The van der Waals surface area contributed by atoms with Gasteiger partial charge in [-0.3, -0.25) is 4.79 Å². The number of allylic oxidation sites excluding steroid dienone is 2. The van der Waals surface area contributed by atoms with Crippen LogP contribution in [0, 0.1) is 11.8 Å². The number of rotatable bonds is 6. The van der Waals surface area contributed by atoms with Crippen LogP contribution >= 0.6 is 0 Å². The lowest BCUT2D eigenvalue weighted by Gasteiger charge is -2.27. The van der Waals surface area contributed by atoms with Crippen molar-refractivity contribution in [3.8, 4) is 11.8 Å². The molecule has 0 atom stereocenters. The first-order chi connectivity index (χ1) is 13.9. The minimum absolute atomic E-state index is 0.00464. The molecule has 29 heavy (non-hydrogen) atoms. The van der Waals surface area contributed by atoms with Gasteiger partial charge in [-0.1, -0.05) is 31.4 Å². The average Bonchev–Trinajstić information content (AvgIpc) is 2.74. The van der Waals surface area contributed by atoms with Gasteiger partial charge in [-0.2, -0.15) is 0 Å². The Labute approximate surface area is 170 Å². The van der Waals surface area contributed by atoms with Crippen LogP contribution in [0.25, 0.3) is 0 Å². The molecule has 0 saturated carbocycles. The summed E-state index contributed by atoms with van der Waals surface area (Å²) in [6, 6.07) is 4.66. The summed E-state index contributed by atoms with van der Waals surface area (Å²) in [7, 11) is 0. The van der Waals surface area contributed by atoms with Gasteiger partial charge >= 0.3 is 5.97 Å². The zero-order valence-electron chi connectivity index (χ0n) is 16.7. The van der Waals surface area contributed by atoms with Crippen LogP contribution in [0.4, 0.5) is 5.69 Å². The number of nitrogens with zero attached hydrogens (tertiary/aromatic N) is 2. The van der Waals surface area contributed by atoms with E-state index in [1.807, 2.05) is 17.9 Å². The van der Waals surface area contributed by atoms with Crippen LogP contribution < -0.4 is 5.32 Å². The lowest BCUT2D eigenvalue weighted by molar-refractivity contribution is -0.115. The van der Waals surface area contributed by atoms with E-state index in [4.69, 9.17) is 4.74 Å². The molecule has 1 aromatic carbocycles. The number of carbonyl (C=O) groups is 2. The highest BCUT2D eigenvalue weighted by Gasteiger charge is 2.13. The fraction of sp³-hybridized carbons (Fsp3) is 0.318. The zero-order valence-corrected chi connectivity index (χ0v) is 16.7. The Bertz CT molecular complexity index is 900. The molecule has 0 aromatic heterocycles. The topological polar surface area (TPSA) is 91.2 Å². The highest BCUT2D eigenvalue weighted by atomic mass is 16.5. The molecule has 1 amide bonds. The number of aromatic carboxylic acids is 1. The molecule has 1 aromatic rings. The van der Waals surface area contributed by atoms with Crippen LogP contribution in [-0.2, 0) is 9.53 Å². The predicted molar refractivity (Wildman–Crippen MR) is 113 cm³/mol. The maximum Gasteiger partial charge on any atom is 0.337 e. The van der Waals surface area contributed by atoms with Gasteiger partial charge in [0, 0.05) is 36.9 Å². The molecule has 152 valence electrons. The lowest BCUT2D eigenvalue weighted by atomic mass is 10.1. The smallest absolute Gasteiger partial charge is 0.337 e. The minimum Gasteiger partial charge on any atom is -0.478 e. The van der Waals surface area contributed by atoms with E-state index in [0.29, 0.717) is 30.2 Å². The monoisotopic (exact) mass is 395 g/mol. The van der Waals surface area contributed by atoms with Crippen LogP contribution in [0.2, 0.25) is 0 Å². The van der Waals surface area contributed by atoms with Crippen molar-refractivity contribution in [2.45, 2.75) is 20.3 Å². The molecule has 7 heteroatoms. The molecule has 1 fully saturated rings. The first-order valence-corrected chi connectivity index (χ1v) is 9.35. The van der Waals surface area contributed by atoms with Crippen LogP contribution in [-0.4, -0.2) is 54.4 Å². The maximum atomic E-state index is 11.6. The quantitative estimate of drug-likeness (QED) is 0.571. The number of hydrogen-bond acceptors (Lipinski definition) is 5. The lowest BCUT2D eigenvalue weighted by Crippen LogP contribution is -2.34. The van der Waals surface area contributed by atoms with Crippen LogP contribution in [0.15, 0.2) is 47.2 Å². The summed E-state index contributed by atoms with van der Waals surface area (Å²) in [6.07, 6.45) is 3.72. The minimum atomic E-state index is -1.13. The van der Waals surface area contributed by atoms with E-state index >= 15 is 0 Å². The van der Waals surface area contributed by atoms with E-state index in [0.717, 1.165) is 13.1 Å². The summed E-state index contributed by atoms with van der Waals surface area (Å²) >= 11 is 0. The number of morpholine rings is 1. The summed E-state index contributed by atoms with van der Waals surface area (Å²) in [4.78, 5) is 29.5. The number of amides is 1. The Morgan fingerprint density at radius 3 is 2.72 bits per heavy atom. The number of carboxylic acids is 1. The molecule has 1 saturated heterocycles. The summed E-state index contributed by atoms with van der Waals surface area (Å²) in [6.45, 7) is 10.3. The molecule has 7 nitrogen and oxygen atoms in total. The fourth-order valence-corrected chi connectivity index (χ4v) is 2.52. The van der Waals surface area contributed by atoms with E-state index in [1.165, 1.54) is 6.07 Å². The first-order valence-electron chi connectivity index (χ1n) is 9.35. The SMILES string of the molecule is C=C(N=C/C(C#Cc1ccc(NC(=O)CC)c(C(=O)O)c1)=C\C)N1CCOCC1. The van der Waals surface area contributed by atoms with Crippen molar-refractivity contribution in [2.75, 3.05) is 31.6 Å². The number of carbonyl (C=O) groups excluding carboxylic acids is 1. The number of anilines is 1. The van der Waals surface area contributed by atoms with Gasteiger partial charge in [0.25, 0.3) is 0 Å². The van der Waals surface area contributed by atoms with E-state index in [2.05, 4.69) is 28.7 Å². The molecule has 2 rings (SSSR count). The second-order valence-corrected chi connectivity index (χ2v) is 6.24. The molecular weight excluding hydrogens is 370 g/mol. The van der Waals surface area contributed by atoms with E-state index < -0.39 is 5.97 Å². The Balaban J connectivity index is 2.14. The molecule has 0 radical (unpaired) electrons. The Morgan fingerprint density at radius 2 is 2.10 bits per heavy atom. The number of hydrogen-bond donors (Lipinski definition) is 2. The maximum absolute atomic E-state index is 11.6. The zero-order chi connectivity index (χ0) is 21.2. The van der Waals surface area contributed by atoms with Crippen molar-refractivity contribution in [3.63, 3.8) is 0 Å². The van der Waals surface area contributed by atoms with Gasteiger partial charge in [0.05, 0.1) is 24.5 Å². The van der Waals surface area contributed by atoms with Crippen LogP contribution in [0.5, 0.6) is 0 Å². The van der Waals surface area contributed by atoms with Gasteiger partial charge in [0.2, 0.25) is 5.91 Å². The normalized spacial score (nSPS) is 14.3. The summed E-state index contributed by atoms with van der Waals surface area (Å²) < 4.78 is 5.31. The Hall–Kier alpha value is -3.37. The van der Waals surface area contributed by atoms with Gasteiger partial charge in [-0.25, -0.2) is 9.79 Å². The summed E-state index contributed by atoms with van der Waals surface area (Å²) in [5, 5.41) is 12.0. The van der Waals surface area contributed by atoms with Crippen LogP contribution in [0.1, 0.15) is 36.2 Å². The molecule has 2 N–H and O–H groups in total. The Morgan fingerprint density at radius 1 is 1.38 bits per heavy atom. The van der Waals surface area contributed by atoms with Crippen molar-refractivity contribution in [1.29, 1.82) is 0 Å². The van der Waals surface area contributed by atoms with E-state index in [-0.39, 0.29) is 23.6 Å². The number of aliphatic imine (C=N–C) groups is 1. The molecule has 1 heterocycles. The van der Waals surface area contributed by atoms with Gasteiger partial charge in [0.15, 0.2) is 0 Å². The third-order valence-corrected chi connectivity index (χ3v) is 4.24. The number of nitrogens with one attached hydrogen (secondary N) is 1. The van der Waals surface area contributed by atoms with Crippen LogP contribution in [0.3, 0.4) is 0 Å². The molecule has 0 bridgehead atoms. The fourth-order valence-electron chi connectivity index (χ4n) is 2.52. The van der Waals surface area contributed by atoms with Gasteiger partial charge in [-0.15, -0.1) is 0 Å². The van der Waals surface area contributed by atoms with Crippen molar-refractivity contribution >= 4 is 23.8 Å². The molecule has 0 spiro atoms. The highest BCUT2D eigenvalue weighted by Crippen LogP contribution is 2.18.